The first-order valence-electron chi connectivity index (χ1n) is 6.85. The maximum atomic E-state index is 13.3. The molecule has 0 bridgehead atoms. The van der Waals surface area contributed by atoms with Crippen molar-refractivity contribution in [2.45, 2.75) is 25.9 Å². The molecule has 0 amide bonds. The fraction of sp³-hybridized carbons (Fsp3) is 0.312. The number of halogens is 2. The van der Waals surface area contributed by atoms with Crippen molar-refractivity contribution in [3.63, 3.8) is 0 Å². The predicted molar refractivity (Wildman–Crippen MR) is 78.6 cm³/mol. The molecule has 1 aromatic carbocycles. The number of carbonyl (C=O) groups is 1. The summed E-state index contributed by atoms with van der Waals surface area (Å²) >= 11 is 1.74. The SMILES string of the molecule is CC(C(=O)c1ccc(F)c(F)c1)N1CCc2sccc2C1. The average Bonchev–Trinajstić information content (AvgIpc) is 2.96. The molecular weight excluding hydrogens is 292 g/mol. The maximum absolute atomic E-state index is 13.3. The molecule has 0 N–H and O–H groups in total. The minimum Gasteiger partial charge on any atom is -0.292 e. The van der Waals surface area contributed by atoms with Crippen LogP contribution in [0.3, 0.4) is 0 Å². The van der Waals surface area contributed by atoms with E-state index >= 15 is 0 Å². The van der Waals surface area contributed by atoms with Gasteiger partial charge in [0.2, 0.25) is 0 Å². The maximum Gasteiger partial charge on any atom is 0.179 e. The van der Waals surface area contributed by atoms with E-state index in [2.05, 4.69) is 16.3 Å². The van der Waals surface area contributed by atoms with Crippen LogP contribution in [0, 0.1) is 11.6 Å². The number of hydrogen-bond acceptors (Lipinski definition) is 3. The second-order valence-electron chi connectivity index (χ2n) is 5.26. The zero-order chi connectivity index (χ0) is 15.0. The van der Waals surface area contributed by atoms with E-state index in [1.165, 1.54) is 16.5 Å². The summed E-state index contributed by atoms with van der Waals surface area (Å²) in [5, 5.41) is 2.07. The van der Waals surface area contributed by atoms with Gasteiger partial charge in [0.15, 0.2) is 17.4 Å². The summed E-state index contributed by atoms with van der Waals surface area (Å²) in [7, 11) is 0. The predicted octanol–water partition coefficient (Wildman–Crippen LogP) is 3.66. The number of nitrogens with zero attached hydrogens (tertiary/aromatic N) is 1. The van der Waals surface area contributed by atoms with Crippen LogP contribution in [0.1, 0.15) is 27.7 Å². The van der Waals surface area contributed by atoms with E-state index in [1.807, 2.05) is 6.92 Å². The van der Waals surface area contributed by atoms with Crippen molar-refractivity contribution in [3.05, 3.63) is 57.3 Å². The van der Waals surface area contributed by atoms with Gasteiger partial charge in [-0.15, -0.1) is 11.3 Å². The van der Waals surface area contributed by atoms with Gasteiger partial charge in [-0.3, -0.25) is 9.69 Å². The molecule has 1 aliphatic heterocycles. The van der Waals surface area contributed by atoms with Crippen LogP contribution >= 0.6 is 11.3 Å². The van der Waals surface area contributed by atoms with Crippen molar-refractivity contribution in [2.75, 3.05) is 6.54 Å². The zero-order valence-corrected chi connectivity index (χ0v) is 12.4. The molecule has 0 spiro atoms. The molecule has 110 valence electrons. The second-order valence-corrected chi connectivity index (χ2v) is 6.26. The molecule has 2 heterocycles. The summed E-state index contributed by atoms with van der Waals surface area (Å²) < 4.78 is 26.2. The lowest BCUT2D eigenvalue weighted by atomic mass is 10.0. The Labute approximate surface area is 126 Å². The molecule has 1 atom stereocenters. The van der Waals surface area contributed by atoms with Gasteiger partial charge in [0.05, 0.1) is 6.04 Å². The van der Waals surface area contributed by atoms with Crippen LogP contribution in [0.2, 0.25) is 0 Å². The fourth-order valence-electron chi connectivity index (χ4n) is 2.66. The topological polar surface area (TPSA) is 20.3 Å². The van der Waals surface area contributed by atoms with Crippen molar-refractivity contribution in [3.8, 4) is 0 Å². The number of fused-ring (bicyclic) bond motifs is 1. The van der Waals surface area contributed by atoms with Crippen molar-refractivity contribution >= 4 is 17.1 Å². The van der Waals surface area contributed by atoms with E-state index < -0.39 is 11.6 Å². The van der Waals surface area contributed by atoms with Crippen LogP contribution in [0.4, 0.5) is 8.78 Å². The standard InChI is InChI=1S/C16H15F2NOS/c1-10(16(20)11-2-3-13(17)14(18)8-11)19-6-4-15-12(9-19)5-7-21-15/h2-3,5,7-8,10H,4,6,9H2,1H3. The van der Waals surface area contributed by atoms with Gasteiger partial charge in [-0.05, 0) is 48.6 Å². The molecule has 0 saturated heterocycles. The van der Waals surface area contributed by atoms with E-state index in [0.717, 1.165) is 31.6 Å². The third-order valence-corrected chi connectivity index (χ3v) is 4.99. The van der Waals surface area contributed by atoms with Crippen LogP contribution < -0.4 is 0 Å². The number of ketones is 1. The van der Waals surface area contributed by atoms with Crippen LogP contribution in [0.15, 0.2) is 29.6 Å². The molecule has 0 saturated carbocycles. The first-order chi connectivity index (χ1) is 10.1. The molecule has 1 aliphatic rings. The molecule has 1 aromatic heterocycles. The van der Waals surface area contributed by atoms with E-state index in [1.54, 1.807) is 11.3 Å². The smallest absolute Gasteiger partial charge is 0.179 e. The number of carbonyl (C=O) groups excluding carboxylic acids is 1. The van der Waals surface area contributed by atoms with E-state index in [9.17, 15) is 13.6 Å². The molecule has 21 heavy (non-hydrogen) atoms. The first kappa shape index (κ1) is 14.4. The Morgan fingerprint density at radius 1 is 1.29 bits per heavy atom. The highest BCUT2D eigenvalue weighted by Gasteiger charge is 2.27. The summed E-state index contributed by atoms with van der Waals surface area (Å²) in [6, 6.07) is 5.07. The Hall–Kier alpha value is -1.59. The number of rotatable bonds is 3. The van der Waals surface area contributed by atoms with Gasteiger partial charge < -0.3 is 0 Å². The van der Waals surface area contributed by atoms with Crippen LogP contribution in [0.5, 0.6) is 0 Å². The third kappa shape index (κ3) is 2.76. The Balaban J connectivity index is 1.77. The molecule has 2 aromatic rings. The molecule has 0 fully saturated rings. The van der Waals surface area contributed by atoms with Gasteiger partial charge in [0.1, 0.15) is 0 Å². The minimum atomic E-state index is -0.980. The van der Waals surface area contributed by atoms with E-state index in [4.69, 9.17) is 0 Å². The number of hydrogen-bond donors (Lipinski definition) is 0. The minimum absolute atomic E-state index is 0.174. The Bertz CT molecular complexity index is 683. The molecule has 5 heteroatoms. The van der Waals surface area contributed by atoms with Gasteiger partial charge in [-0.2, -0.15) is 0 Å². The third-order valence-electron chi connectivity index (χ3n) is 3.97. The van der Waals surface area contributed by atoms with Gasteiger partial charge in [0, 0.05) is 23.5 Å². The van der Waals surface area contributed by atoms with Gasteiger partial charge in [0.25, 0.3) is 0 Å². The quantitative estimate of drug-likeness (QED) is 0.807. The van der Waals surface area contributed by atoms with Crippen molar-refractivity contribution in [1.29, 1.82) is 0 Å². The highest BCUT2D eigenvalue weighted by molar-refractivity contribution is 7.10. The molecule has 2 nitrogen and oxygen atoms in total. The lowest BCUT2D eigenvalue weighted by molar-refractivity contribution is 0.0820. The Kier molecular flexibility index (Phi) is 3.87. The normalized spacial score (nSPS) is 16.5. The van der Waals surface area contributed by atoms with Gasteiger partial charge in [-0.1, -0.05) is 0 Å². The largest absolute Gasteiger partial charge is 0.292 e. The van der Waals surface area contributed by atoms with Crippen LogP contribution in [-0.2, 0) is 13.0 Å². The van der Waals surface area contributed by atoms with Crippen LogP contribution in [-0.4, -0.2) is 23.3 Å². The molecule has 3 rings (SSSR count). The number of Topliss-reactive ketones (excluding diaryl/α,β-unsaturated/α-hetero) is 1. The van der Waals surface area contributed by atoms with Crippen molar-refractivity contribution in [1.82, 2.24) is 4.90 Å². The summed E-state index contributed by atoms with van der Waals surface area (Å²) in [5.41, 5.74) is 1.48. The van der Waals surface area contributed by atoms with E-state index in [0.29, 0.717) is 0 Å². The molecule has 0 aliphatic carbocycles. The second kappa shape index (κ2) is 5.66. The van der Waals surface area contributed by atoms with Crippen molar-refractivity contribution in [2.24, 2.45) is 0 Å². The summed E-state index contributed by atoms with van der Waals surface area (Å²) in [6.07, 6.45) is 0.933. The Morgan fingerprint density at radius 3 is 2.86 bits per heavy atom. The molecule has 0 radical (unpaired) electrons. The lowest BCUT2D eigenvalue weighted by Crippen LogP contribution is -2.41. The number of thiophene rings is 1. The van der Waals surface area contributed by atoms with Gasteiger partial charge in [-0.25, -0.2) is 8.78 Å². The zero-order valence-electron chi connectivity index (χ0n) is 11.6. The average molecular weight is 307 g/mol. The monoisotopic (exact) mass is 307 g/mol. The lowest BCUT2D eigenvalue weighted by Gasteiger charge is -2.31. The highest BCUT2D eigenvalue weighted by atomic mass is 32.1. The fourth-order valence-corrected chi connectivity index (χ4v) is 3.55. The van der Waals surface area contributed by atoms with Gasteiger partial charge >= 0.3 is 0 Å². The van der Waals surface area contributed by atoms with Crippen molar-refractivity contribution < 1.29 is 13.6 Å². The molecule has 1 unspecified atom stereocenters. The van der Waals surface area contributed by atoms with E-state index in [-0.39, 0.29) is 17.4 Å². The molecular formula is C16H15F2NOS. The van der Waals surface area contributed by atoms with Crippen LogP contribution in [0.25, 0.3) is 0 Å². The highest BCUT2D eigenvalue weighted by Crippen LogP contribution is 2.26. The summed E-state index contributed by atoms with van der Waals surface area (Å²) in [6.45, 7) is 3.36. The summed E-state index contributed by atoms with van der Waals surface area (Å²) in [4.78, 5) is 15.9. The summed E-state index contributed by atoms with van der Waals surface area (Å²) in [5.74, 6) is -2.08. The first-order valence-corrected chi connectivity index (χ1v) is 7.73. The Morgan fingerprint density at radius 2 is 2.10 bits per heavy atom. The number of benzene rings is 1.